The highest BCUT2D eigenvalue weighted by molar-refractivity contribution is 6.11. The number of benzene rings is 8. The summed E-state index contributed by atoms with van der Waals surface area (Å²) in [5.74, 6) is 0. The fraction of sp³-hybridized carbons (Fsp3) is 0.128. The zero-order chi connectivity index (χ0) is 60.7. The van der Waals surface area contributed by atoms with Gasteiger partial charge in [-0.25, -0.2) is 0 Å². The minimum Gasteiger partial charge on any atom is -0.344 e. The summed E-state index contributed by atoms with van der Waals surface area (Å²) in [5.41, 5.74) is 22.5. The molecule has 10 heterocycles. The second-order valence-electron chi connectivity index (χ2n) is 23.0. The second kappa shape index (κ2) is 23.6. The zero-order valence-corrected chi connectivity index (χ0v) is 51.6. The summed E-state index contributed by atoms with van der Waals surface area (Å²) in [4.78, 5) is 17.1. The van der Waals surface area contributed by atoms with Crippen molar-refractivity contribution in [3.63, 3.8) is 0 Å². The van der Waals surface area contributed by atoms with Gasteiger partial charge in [-0.05, 0) is 137 Å². The first-order valence-electron chi connectivity index (χ1n) is 29.9. The number of para-hydroxylation sites is 4. The lowest BCUT2D eigenvalue weighted by atomic mass is 10.1. The molecule has 10 aromatic heterocycles. The van der Waals surface area contributed by atoms with E-state index in [9.17, 15) is 0 Å². The predicted octanol–water partition coefficient (Wildman–Crippen LogP) is 18.8. The van der Waals surface area contributed by atoms with Crippen molar-refractivity contribution in [2.45, 2.75) is 27.7 Å². The molecule has 10 nitrogen and oxygen atoms in total. The molecule has 0 saturated carbocycles. The third kappa shape index (κ3) is 10.2. The van der Waals surface area contributed by atoms with Crippen LogP contribution in [0.2, 0.25) is 0 Å². The van der Waals surface area contributed by atoms with Crippen LogP contribution < -0.4 is 0 Å². The van der Waals surface area contributed by atoms with Crippen LogP contribution in [0.25, 0.3) is 131 Å². The number of hydrogen-bond donors (Lipinski definition) is 0. The zero-order valence-electron chi connectivity index (χ0n) is 51.6. The van der Waals surface area contributed by atoms with Gasteiger partial charge in [-0.1, -0.05) is 119 Å². The molecule has 0 unspecified atom stereocenters. The van der Waals surface area contributed by atoms with Gasteiger partial charge >= 0.3 is 0 Å². The summed E-state index contributed by atoms with van der Waals surface area (Å²) in [6.07, 6.45) is 11.1. The molecule has 0 amide bonds. The summed E-state index contributed by atoms with van der Waals surface area (Å²) in [5, 5.41) is 12.9. The number of aryl methyl sites for hydroxylation is 10. The van der Waals surface area contributed by atoms with Crippen LogP contribution in [0.5, 0.6) is 0 Å². The van der Waals surface area contributed by atoms with E-state index in [1.54, 1.807) is 0 Å². The van der Waals surface area contributed by atoms with Crippen LogP contribution in [0.4, 0.5) is 0 Å². The Balaban J connectivity index is 0.0000000975. The van der Waals surface area contributed by atoms with E-state index >= 15 is 0 Å². The molecule has 0 atom stereocenters. The summed E-state index contributed by atoms with van der Waals surface area (Å²) in [6, 6.07) is 72.6. The first-order chi connectivity index (χ1) is 42.8. The van der Waals surface area contributed by atoms with E-state index in [4.69, 9.17) is 0 Å². The van der Waals surface area contributed by atoms with E-state index in [1.165, 1.54) is 132 Å². The number of rotatable bonds is 0. The van der Waals surface area contributed by atoms with Crippen molar-refractivity contribution in [1.29, 1.82) is 0 Å². The van der Waals surface area contributed by atoms with Crippen molar-refractivity contribution < 1.29 is 0 Å². The van der Waals surface area contributed by atoms with Gasteiger partial charge in [0.05, 0.1) is 44.1 Å². The third-order valence-corrected chi connectivity index (χ3v) is 17.4. The van der Waals surface area contributed by atoms with Gasteiger partial charge in [-0.15, -0.1) is 0 Å². The van der Waals surface area contributed by atoms with E-state index < -0.39 is 0 Å². The van der Waals surface area contributed by atoms with E-state index in [0.717, 1.165) is 21.8 Å². The van der Waals surface area contributed by atoms with Gasteiger partial charge in [0.15, 0.2) is 0 Å². The Bertz CT molecular complexity index is 5000. The molecule has 0 bridgehead atoms. The van der Waals surface area contributed by atoms with E-state index in [2.05, 4.69) is 299 Å². The van der Waals surface area contributed by atoms with Crippen molar-refractivity contribution in [2.75, 3.05) is 0 Å². The lowest BCUT2D eigenvalue weighted by Crippen LogP contribution is -1.86. The minimum atomic E-state index is 1.09. The summed E-state index contributed by atoms with van der Waals surface area (Å²) >= 11 is 0. The highest BCUT2D eigenvalue weighted by Gasteiger charge is 2.12. The van der Waals surface area contributed by atoms with Gasteiger partial charge in [0.2, 0.25) is 0 Å². The van der Waals surface area contributed by atoms with E-state index in [0.29, 0.717) is 0 Å². The number of pyridine rings is 4. The molecule has 18 rings (SSSR count). The molecule has 0 spiro atoms. The normalized spacial score (nSPS) is 11.3. The van der Waals surface area contributed by atoms with Gasteiger partial charge in [0.25, 0.3) is 0 Å². The van der Waals surface area contributed by atoms with Crippen molar-refractivity contribution >= 4 is 131 Å². The molecule has 0 saturated heterocycles. The van der Waals surface area contributed by atoms with Crippen LogP contribution in [0.1, 0.15) is 22.3 Å². The van der Waals surface area contributed by atoms with Crippen LogP contribution in [-0.4, -0.2) is 47.3 Å². The molecule has 0 fully saturated rings. The Labute approximate surface area is 511 Å². The Kier molecular flexibility index (Phi) is 15.1. The van der Waals surface area contributed by atoms with Crippen LogP contribution in [-0.2, 0) is 42.3 Å². The first kappa shape index (κ1) is 56.3. The summed E-state index contributed by atoms with van der Waals surface area (Å²) < 4.78 is 13.3. The lowest BCUT2D eigenvalue weighted by Gasteiger charge is -1.97. The molecular weight excluding hydrogens is 1080 g/mol. The average molecular weight is 1150 g/mol. The van der Waals surface area contributed by atoms with Crippen LogP contribution >= 0.6 is 0 Å². The van der Waals surface area contributed by atoms with Crippen molar-refractivity contribution in [2.24, 2.45) is 42.3 Å². The number of hydrogen-bond acceptors (Lipinski definition) is 4. The largest absolute Gasteiger partial charge is 0.344 e. The monoisotopic (exact) mass is 1150 g/mol. The molecule has 8 aromatic carbocycles. The number of fused-ring (bicyclic) bond motifs is 18. The van der Waals surface area contributed by atoms with Crippen molar-refractivity contribution in [3.05, 3.63) is 266 Å². The summed E-state index contributed by atoms with van der Waals surface area (Å²) in [6.45, 7) is 8.55. The van der Waals surface area contributed by atoms with Gasteiger partial charge in [0, 0.05) is 166 Å². The standard InChI is InChI=1S/C15H15N.C14H13N.C13H12N2.C13H11N.C12H10N2.C11H9N3/c1-10-4-6-14-12(8-10)13-9-11(2)5-7-15(13)16(14)3;1-10-7-8-14-12(9-10)11-5-3-4-6-13(11)15(14)2;1-9-5-6-11-10(8-9)13-12(15(11)2)4-3-7-14-13;1-14-12-8-4-2-6-10(12)11-7-3-5-9-13(11)14;1-14-10-6-3-2-5-9(10)12-11(14)7-4-8-13-12;1-14-10-2-4-12-6-8(10)9-7-13-5-3-11(9)14/h4-9H,1-3H3;3-9H,1-2H3;3-8H,1-2H3;2-9H,1H3;2-8H,1H3;2-7H,1H3. The Morgan fingerprint density at radius 3 is 0.875 bits per heavy atom. The smallest absolute Gasteiger partial charge is 0.0959 e. The molecule has 10 heteroatoms. The summed E-state index contributed by atoms with van der Waals surface area (Å²) in [7, 11) is 12.6. The topological polar surface area (TPSA) is 81.1 Å². The molecule has 0 aliphatic carbocycles. The Morgan fingerprint density at radius 2 is 0.477 bits per heavy atom. The second-order valence-corrected chi connectivity index (χ2v) is 23.0. The SMILES string of the molecule is Cc1ccc2c(c1)c1cc(C)ccc1n2C.Cc1ccc2c(c1)c1ccccc1n2C.Cc1ccc2c(c1)c1ncccc1n2C.Cn1c2ccccc2c2ccccc21.Cn1c2ccccc2c2ncccc21.Cn1c2ccncc2c2cnccc21. The fourth-order valence-corrected chi connectivity index (χ4v) is 12.9. The Morgan fingerprint density at radius 1 is 0.216 bits per heavy atom. The van der Waals surface area contributed by atoms with Gasteiger partial charge in [-0.3, -0.25) is 19.9 Å². The van der Waals surface area contributed by atoms with E-state index in [1.807, 2.05) is 61.4 Å². The van der Waals surface area contributed by atoms with Crippen LogP contribution in [0, 0.1) is 27.7 Å². The molecule has 0 N–H and O–H groups in total. The first-order valence-corrected chi connectivity index (χ1v) is 29.9. The van der Waals surface area contributed by atoms with Crippen molar-refractivity contribution in [3.8, 4) is 0 Å². The number of nitrogens with zero attached hydrogens (tertiary/aromatic N) is 10. The van der Waals surface area contributed by atoms with Gasteiger partial charge in [0.1, 0.15) is 0 Å². The minimum absolute atomic E-state index is 1.09. The maximum atomic E-state index is 4.45. The van der Waals surface area contributed by atoms with Crippen LogP contribution in [0.3, 0.4) is 0 Å². The molecule has 432 valence electrons. The third-order valence-electron chi connectivity index (χ3n) is 17.4. The molecule has 0 aliphatic heterocycles. The highest BCUT2D eigenvalue weighted by atomic mass is 15.0. The lowest BCUT2D eigenvalue weighted by molar-refractivity contribution is 1.01. The fourth-order valence-electron chi connectivity index (χ4n) is 12.9. The van der Waals surface area contributed by atoms with E-state index in [-0.39, 0.29) is 0 Å². The van der Waals surface area contributed by atoms with Crippen LogP contribution in [0.15, 0.2) is 243 Å². The molecule has 88 heavy (non-hydrogen) atoms. The van der Waals surface area contributed by atoms with Gasteiger partial charge < -0.3 is 27.4 Å². The number of aromatic nitrogens is 10. The maximum absolute atomic E-state index is 4.45. The molecule has 0 aliphatic rings. The maximum Gasteiger partial charge on any atom is 0.0959 e. The molecule has 18 aromatic rings. The van der Waals surface area contributed by atoms with Crippen molar-refractivity contribution in [1.82, 2.24) is 47.3 Å². The molecule has 0 radical (unpaired) electrons. The highest BCUT2D eigenvalue weighted by Crippen LogP contribution is 2.33. The molecular formula is C78H70N10. The van der Waals surface area contributed by atoms with Gasteiger partial charge in [-0.2, -0.15) is 0 Å². The average Bonchev–Trinajstić information content (AvgIpc) is 2.57. The predicted molar refractivity (Wildman–Crippen MR) is 373 cm³/mol. The Hall–Kier alpha value is -10.8. The quantitative estimate of drug-likeness (QED) is 0.151.